The Bertz CT molecular complexity index is 509. The predicted molar refractivity (Wildman–Crippen MR) is 64.2 cm³/mol. The largest absolute Gasteiger partial charge is 0.399 e. The highest BCUT2D eigenvalue weighted by Crippen LogP contribution is 2.28. The van der Waals surface area contributed by atoms with Crippen LogP contribution >= 0.6 is 0 Å². The first-order valence-corrected chi connectivity index (χ1v) is 6.78. The van der Waals surface area contributed by atoms with E-state index >= 15 is 0 Å². The van der Waals surface area contributed by atoms with Gasteiger partial charge < -0.3 is 5.73 Å². The first-order valence-electron chi connectivity index (χ1n) is 5.27. The Hall–Kier alpha value is -1.07. The van der Waals surface area contributed by atoms with Crippen molar-refractivity contribution in [2.75, 3.05) is 5.73 Å². The highest BCUT2D eigenvalue weighted by Gasteiger charge is 2.31. The minimum Gasteiger partial charge on any atom is -0.399 e. The van der Waals surface area contributed by atoms with Gasteiger partial charge in [0.2, 0.25) is 10.0 Å². The Morgan fingerprint density at radius 1 is 1.25 bits per heavy atom. The van der Waals surface area contributed by atoms with Crippen LogP contribution in [0.2, 0.25) is 0 Å². The van der Waals surface area contributed by atoms with E-state index in [9.17, 15) is 8.42 Å². The third kappa shape index (κ3) is 1.81. The Kier molecular flexibility index (Phi) is 2.67. The second-order valence-electron chi connectivity index (χ2n) is 4.39. The highest BCUT2D eigenvalue weighted by molar-refractivity contribution is 7.89. The Balaban J connectivity index is 2.30. The third-order valence-corrected chi connectivity index (χ3v) is 5.05. The van der Waals surface area contributed by atoms with Crippen molar-refractivity contribution in [3.05, 3.63) is 29.3 Å². The summed E-state index contributed by atoms with van der Waals surface area (Å²) in [5.41, 5.74) is 8.43. The van der Waals surface area contributed by atoms with Crippen molar-refractivity contribution in [1.82, 2.24) is 4.31 Å². The number of nitrogens with zero attached hydrogens (tertiary/aromatic N) is 1. The maximum atomic E-state index is 12.0. The lowest BCUT2D eigenvalue weighted by molar-refractivity contribution is 0.425. The molecule has 0 unspecified atom stereocenters. The van der Waals surface area contributed by atoms with Gasteiger partial charge in [0.25, 0.3) is 0 Å². The van der Waals surface area contributed by atoms with Crippen LogP contribution in [0.4, 0.5) is 5.69 Å². The van der Waals surface area contributed by atoms with Gasteiger partial charge in [-0.1, -0.05) is 6.07 Å². The summed E-state index contributed by atoms with van der Waals surface area (Å²) in [4.78, 5) is 0. The maximum absolute atomic E-state index is 12.0. The molecule has 0 aromatic heterocycles. The van der Waals surface area contributed by atoms with Crippen LogP contribution in [0.5, 0.6) is 0 Å². The number of nitrogens with two attached hydrogens (primary N) is 1. The van der Waals surface area contributed by atoms with Crippen LogP contribution in [0.25, 0.3) is 0 Å². The lowest BCUT2D eigenvalue weighted by atomic mass is 10.1. The summed E-state index contributed by atoms with van der Waals surface area (Å²) in [5, 5.41) is -0.376. The van der Waals surface area contributed by atoms with Crippen LogP contribution in [0.3, 0.4) is 0 Å². The molecule has 16 heavy (non-hydrogen) atoms. The van der Waals surface area contributed by atoms with E-state index in [1.807, 2.05) is 18.2 Å². The fourth-order valence-electron chi connectivity index (χ4n) is 1.86. The molecule has 1 heterocycles. The normalized spacial score (nSPS) is 16.7. The standard InChI is InChI=1S/C11H16N2O2S/c1-8(2)16(14,15)13-6-9-3-4-11(12)5-10(9)7-13/h3-5,8H,6-7,12H2,1-2H3. The number of benzene rings is 1. The van der Waals surface area contributed by atoms with Gasteiger partial charge >= 0.3 is 0 Å². The van der Waals surface area contributed by atoms with Crippen molar-refractivity contribution in [2.24, 2.45) is 0 Å². The summed E-state index contributed by atoms with van der Waals surface area (Å²) in [6.45, 7) is 4.32. The average molecular weight is 240 g/mol. The lowest BCUT2D eigenvalue weighted by Crippen LogP contribution is -2.32. The summed E-state index contributed by atoms with van der Waals surface area (Å²) >= 11 is 0. The fourth-order valence-corrected chi connectivity index (χ4v) is 3.10. The maximum Gasteiger partial charge on any atom is 0.217 e. The molecule has 0 aliphatic carbocycles. The van der Waals surface area contributed by atoms with Crippen LogP contribution in [0.15, 0.2) is 18.2 Å². The molecule has 88 valence electrons. The summed E-state index contributed by atoms with van der Waals surface area (Å²) in [6, 6.07) is 5.57. The summed E-state index contributed by atoms with van der Waals surface area (Å²) < 4.78 is 25.5. The number of hydrogen-bond acceptors (Lipinski definition) is 3. The molecule has 0 fully saturated rings. The number of sulfonamides is 1. The number of fused-ring (bicyclic) bond motifs is 1. The molecule has 2 rings (SSSR count). The number of anilines is 1. The first-order chi connectivity index (χ1) is 7.41. The topological polar surface area (TPSA) is 63.4 Å². The van der Waals surface area contributed by atoms with E-state index in [-0.39, 0.29) is 5.25 Å². The zero-order valence-corrected chi connectivity index (χ0v) is 10.3. The molecule has 0 bridgehead atoms. The van der Waals surface area contributed by atoms with Gasteiger partial charge in [-0.3, -0.25) is 0 Å². The molecular weight excluding hydrogens is 224 g/mol. The summed E-state index contributed by atoms with van der Waals surface area (Å²) in [6.07, 6.45) is 0. The Labute approximate surface area is 96.1 Å². The van der Waals surface area contributed by atoms with E-state index in [2.05, 4.69) is 0 Å². The van der Waals surface area contributed by atoms with Crippen LogP contribution in [0, 0.1) is 0 Å². The van der Waals surface area contributed by atoms with Crippen molar-refractivity contribution < 1.29 is 8.42 Å². The van der Waals surface area contributed by atoms with E-state index in [0.717, 1.165) is 11.1 Å². The smallest absolute Gasteiger partial charge is 0.217 e. The predicted octanol–water partition coefficient (Wildman–Crippen LogP) is 1.32. The molecule has 1 aliphatic heterocycles. The van der Waals surface area contributed by atoms with E-state index in [0.29, 0.717) is 18.8 Å². The number of rotatable bonds is 2. The molecule has 1 aromatic rings. The van der Waals surface area contributed by atoms with E-state index in [1.54, 1.807) is 13.8 Å². The minimum atomic E-state index is -3.16. The van der Waals surface area contributed by atoms with Gasteiger partial charge in [0.05, 0.1) is 5.25 Å². The zero-order valence-electron chi connectivity index (χ0n) is 9.47. The van der Waals surface area contributed by atoms with Crippen LogP contribution in [-0.2, 0) is 23.1 Å². The van der Waals surface area contributed by atoms with Gasteiger partial charge in [-0.2, -0.15) is 4.31 Å². The minimum absolute atomic E-state index is 0.376. The van der Waals surface area contributed by atoms with Crippen molar-refractivity contribution in [1.29, 1.82) is 0 Å². The molecule has 0 saturated carbocycles. The zero-order chi connectivity index (χ0) is 11.9. The van der Waals surface area contributed by atoms with E-state index in [1.165, 1.54) is 4.31 Å². The molecule has 5 heteroatoms. The van der Waals surface area contributed by atoms with Crippen LogP contribution in [-0.4, -0.2) is 18.0 Å². The molecular formula is C11H16N2O2S. The number of hydrogen-bond donors (Lipinski definition) is 1. The second-order valence-corrected chi connectivity index (χ2v) is 6.88. The van der Waals surface area contributed by atoms with Crippen molar-refractivity contribution >= 4 is 15.7 Å². The van der Waals surface area contributed by atoms with Crippen molar-refractivity contribution in [2.45, 2.75) is 32.2 Å². The molecule has 0 atom stereocenters. The van der Waals surface area contributed by atoms with Gasteiger partial charge in [0.1, 0.15) is 0 Å². The van der Waals surface area contributed by atoms with E-state index in [4.69, 9.17) is 5.73 Å². The molecule has 4 nitrogen and oxygen atoms in total. The second kappa shape index (κ2) is 3.75. The summed E-state index contributed by atoms with van der Waals surface area (Å²) in [7, 11) is -3.16. The lowest BCUT2D eigenvalue weighted by Gasteiger charge is -2.18. The molecule has 0 spiro atoms. The third-order valence-electron chi connectivity index (χ3n) is 2.88. The quantitative estimate of drug-likeness (QED) is 0.793. The SMILES string of the molecule is CC(C)S(=O)(=O)N1Cc2ccc(N)cc2C1. The Morgan fingerprint density at radius 2 is 1.88 bits per heavy atom. The molecule has 1 aromatic carbocycles. The van der Waals surface area contributed by atoms with Gasteiger partial charge in [-0.05, 0) is 37.1 Å². The fraction of sp³-hybridized carbons (Fsp3) is 0.455. The Morgan fingerprint density at radius 3 is 2.50 bits per heavy atom. The molecule has 0 saturated heterocycles. The monoisotopic (exact) mass is 240 g/mol. The average Bonchev–Trinajstić information content (AvgIpc) is 2.60. The highest BCUT2D eigenvalue weighted by atomic mass is 32.2. The molecule has 2 N–H and O–H groups in total. The molecule has 1 aliphatic rings. The number of nitrogen functional groups attached to an aromatic ring is 1. The molecule has 0 radical (unpaired) electrons. The van der Waals surface area contributed by atoms with Crippen LogP contribution in [0.1, 0.15) is 25.0 Å². The first kappa shape index (κ1) is 11.4. The van der Waals surface area contributed by atoms with Gasteiger partial charge in [-0.15, -0.1) is 0 Å². The summed E-state index contributed by atoms with van der Waals surface area (Å²) in [5.74, 6) is 0. The van der Waals surface area contributed by atoms with E-state index < -0.39 is 10.0 Å². The van der Waals surface area contributed by atoms with Crippen LogP contribution < -0.4 is 5.73 Å². The van der Waals surface area contributed by atoms with Gasteiger partial charge in [0, 0.05) is 18.8 Å². The van der Waals surface area contributed by atoms with Crippen molar-refractivity contribution in [3.63, 3.8) is 0 Å². The molecule has 0 amide bonds. The van der Waals surface area contributed by atoms with Gasteiger partial charge in [-0.25, -0.2) is 8.42 Å². The van der Waals surface area contributed by atoms with Crippen molar-refractivity contribution in [3.8, 4) is 0 Å². The van der Waals surface area contributed by atoms with Gasteiger partial charge in [0.15, 0.2) is 0 Å².